The van der Waals surface area contributed by atoms with Crippen molar-refractivity contribution in [1.82, 2.24) is 10.2 Å². The molecule has 1 N–H and O–H groups in total. The van der Waals surface area contributed by atoms with Crippen LogP contribution in [0.4, 0.5) is 0 Å². The summed E-state index contributed by atoms with van der Waals surface area (Å²) in [5, 5.41) is 3.37. The van der Waals surface area contributed by atoms with Crippen molar-refractivity contribution < 1.29 is 4.79 Å². The Labute approximate surface area is 181 Å². The molecule has 1 aliphatic heterocycles. The van der Waals surface area contributed by atoms with Gasteiger partial charge in [0.2, 0.25) is 5.91 Å². The lowest BCUT2D eigenvalue weighted by Crippen LogP contribution is -2.41. The Morgan fingerprint density at radius 3 is 2.57 bits per heavy atom. The van der Waals surface area contributed by atoms with Gasteiger partial charge in [-0.15, -0.1) is 0 Å². The fourth-order valence-electron chi connectivity index (χ4n) is 5.10. The predicted molar refractivity (Wildman–Crippen MR) is 123 cm³/mol. The summed E-state index contributed by atoms with van der Waals surface area (Å²) in [6.07, 6.45) is 7.85. The quantitative estimate of drug-likeness (QED) is 0.703. The minimum absolute atomic E-state index is 0.134. The van der Waals surface area contributed by atoms with Crippen LogP contribution in [-0.4, -0.2) is 23.9 Å². The van der Waals surface area contributed by atoms with Crippen LogP contribution < -0.4 is 5.32 Å². The van der Waals surface area contributed by atoms with E-state index in [1.807, 2.05) is 0 Å². The van der Waals surface area contributed by atoms with Gasteiger partial charge < -0.3 is 5.32 Å². The van der Waals surface area contributed by atoms with E-state index in [-0.39, 0.29) is 17.9 Å². The number of piperidine rings is 1. The average Bonchev–Trinajstić information content (AvgIpc) is 2.77. The number of likely N-dealkylation sites (tertiary alicyclic amines) is 1. The lowest BCUT2D eigenvalue weighted by atomic mass is 9.88. The first-order valence-corrected chi connectivity index (χ1v) is 11.8. The second kappa shape index (κ2) is 9.78. The van der Waals surface area contributed by atoms with Crippen LogP contribution >= 0.6 is 0 Å². The number of carbonyl (C=O) groups excluding carboxylic acids is 1. The summed E-state index contributed by atoms with van der Waals surface area (Å²) >= 11 is 0. The molecular weight excluding hydrogens is 368 g/mol. The summed E-state index contributed by atoms with van der Waals surface area (Å²) in [6, 6.07) is 15.8. The van der Waals surface area contributed by atoms with Crippen molar-refractivity contribution in [3.8, 4) is 0 Å². The Balaban J connectivity index is 1.31. The Morgan fingerprint density at radius 2 is 1.83 bits per heavy atom. The van der Waals surface area contributed by atoms with Gasteiger partial charge in [0.05, 0.1) is 6.04 Å². The largest absolute Gasteiger partial charge is 0.349 e. The maximum Gasteiger partial charge on any atom is 0.223 e. The molecule has 0 saturated carbocycles. The van der Waals surface area contributed by atoms with Gasteiger partial charge in [-0.2, -0.15) is 0 Å². The number of nitrogens with zero attached hydrogens (tertiary/aromatic N) is 1. The molecule has 1 fully saturated rings. The summed E-state index contributed by atoms with van der Waals surface area (Å²) in [5.41, 5.74) is 6.97. The first-order valence-electron chi connectivity index (χ1n) is 11.8. The van der Waals surface area contributed by atoms with Crippen molar-refractivity contribution in [3.63, 3.8) is 0 Å². The molecule has 1 heterocycles. The van der Waals surface area contributed by atoms with Crippen molar-refractivity contribution in [2.75, 3.05) is 13.1 Å². The molecule has 0 aromatic heterocycles. The zero-order chi connectivity index (χ0) is 20.9. The molecule has 2 aromatic carbocycles. The molecule has 160 valence electrons. The Kier molecular flexibility index (Phi) is 6.89. The maximum atomic E-state index is 13.0. The van der Waals surface area contributed by atoms with Gasteiger partial charge in [-0.25, -0.2) is 0 Å². The standard InChI is InChI=1S/C27H36N2O/c1-3-26(25-12-11-22-9-4-5-10-24(22)18-25)28-27(30)23-13-15-29(16-14-23)19-21-8-6-7-20(2)17-21/h6-8,11-12,17-18,23,26H,3-5,9-10,13-16,19H2,1-2H3,(H,28,30). The minimum atomic E-state index is 0.134. The molecular formula is C27H36N2O. The predicted octanol–water partition coefficient (Wildman–Crippen LogP) is 5.35. The Bertz CT molecular complexity index is 867. The average molecular weight is 405 g/mol. The van der Waals surface area contributed by atoms with E-state index < -0.39 is 0 Å². The van der Waals surface area contributed by atoms with E-state index in [1.165, 1.54) is 53.5 Å². The second-order valence-electron chi connectivity index (χ2n) is 9.24. The molecule has 2 aliphatic rings. The number of hydrogen-bond donors (Lipinski definition) is 1. The normalized spacial score (nSPS) is 18.6. The third kappa shape index (κ3) is 5.13. The van der Waals surface area contributed by atoms with Crippen LogP contribution in [0.3, 0.4) is 0 Å². The molecule has 4 rings (SSSR count). The number of nitrogens with one attached hydrogen (secondary N) is 1. The second-order valence-corrected chi connectivity index (χ2v) is 9.24. The number of aryl methyl sites for hydroxylation is 3. The van der Waals surface area contributed by atoms with Gasteiger partial charge in [-0.3, -0.25) is 9.69 Å². The molecule has 30 heavy (non-hydrogen) atoms. The van der Waals surface area contributed by atoms with Crippen LogP contribution in [0.25, 0.3) is 0 Å². The fraction of sp³-hybridized carbons (Fsp3) is 0.519. The van der Waals surface area contributed by atoms with Crippen molar-refractivity contribution in [2.45, 2.75) is 71.4 Å². The SMILES string of the molecule is CCC(NC(=O)C1CCN(Cc2cccc(C)c2)CC1)c1ccc2c(c1)CCCC2. The molecule has 1 saturated heterocycles. The topological polar surface area (TPSA) is 32.3 Å². The van der Waals surface area contributed by atoms with E-state index in [0.29, 0.717) is 0 Å². The molecule has 3 heteroatoms. The van der Waals surface area contributed by atoms with Crippen LogP contribution in [0.1, 0.15) is 72.9 Å². The van der Waals surface area contributed by atoms with Gasteiger partial charge in [0.25, 0.3) is 0 Å². The molecule has 3 nitrogen and oxygen atoms in total. The van der Waals surface area contributed by atoms with Crippen LogP contribution in [0.2, 0.25) is 0 Å². The van der Waals surface area contributed by atoms with E-state index in [1.54, 1.807) is 0 Å². The molecule has 0 spiro atoms. The van der Waals surface area contributed by atoms with Crippen molar-refractivity contribution >= 4 is 5.91 Å². The van der Waals surface area contributed by atoms with E-state index in [9.17, 15) is 4.79 Å². The highest BCUT2D eigenvalue weighted by molar-refractivity contribution is 5.79. The van der Waals surface area contributed by atoms with Crippen LogP contribution in [0, 0.1) is 12.8 Å². The number of amides is 1. The summed E-state index contributed by atoms with van der Waals surface area (Å²) < 4.78 is 0. The van der Waals surface area contributed by atoms with Crippen LogP contribution in [0.15, 0.2) is 42.5 Å². The van der Waals surface area contributed by atoms with Crippen molar-refractivity contribution in [3.05, 3.63) is 70.3 Å². The van der Waals surface area contributed by atoms with Crippen molar-refractivity contribution in [2.24, 2.45) is 5.92 Å². The van der Waals surface area contributed by atoms with E-state index in [2.05, 4.69) is 66.5 Å². The maximum absolute atomic E-state index is 13.0. The molecule has 0 radical (unpaired) electrons. The third-order valence-electron chi connectivity index (χ3n) is 6.95. The molecule has 1 unspecified atom stereocenters. The fourth-order valence-corrected chi connectivity index (χ4v) is 5.10. The molecule has 1 aliphatic carbocycles. The monoisotopic (exact) mass is 404 g/mol. The number of hydrogen-bond acceptors (Lipinski definition) is 2. The minimum Gasteiger partial charge on any atom is -0.349 e. The number of carbonyl (C=O) groups is 1. The van der Waals surface area contributed by atoms with E-state index >= 15 is 0 Å². The van der Waals surface area contributed by atoms with Crippen molar-refractivity contribution in [1.29, 1.82) is 0 Å². The molecule has 1 atom stereocenters. The van der Waals surface area contributed by atoms with E-state index in [0.717, 1.165) is 38.9 Å². The van der Waals surface area contributed by atoms with Crippen LogP contribution in [0.5, 0.6) is 0 Å². The summed E-state index contributed by atoms with van der Waals surface area (Å²) in [7, 11) is 0. The van der Waals surface area contributed by atoms with Gasteiger partial charge in [0.15, 0.2) is 0 Å². The highest BCUT2D eigenvalue weighted by Crippen LogP contribution is 2.27. The summed E-state index contributed by atoms with van der Waals surface area (Å²) in [4.78, 5) is 15.5. The lowest BCUT2D eigenvalue weighted by molar-refractivity contribution is -0.127. The van der Waals surface area contributed by atoms with Crippen LogP contribution in [-0.2, 0) is 24.2 Å². The highest BCUT2D eigenvalue weighted by Gasteiger charge is 2.27. The number of fused-ring (bicyclic) bond motifs is 1. The molecule has 2 aromatic rings. The zero-order valence-electron chi connectivity index (χ0n) is 18.6. The zero-order valence-corrected chi connectivity index (χ0v) is 18.6. The Hall–Kier alpha value is -2.13. The van der Waals surface area contributed by atoms with Gasteiger partial charge in [-0.1, -0.05) is 55.0 Å². The summed E-state index contributed by atoms with van der Waals surface area (Å²) in [5.74, 6) is 0.389. The Morgan fingerprint density at radius 1 is 1.07 bits per heavy atom. The van der Waals surface area contributed by atoms with E-state index in [4.69, 9.17) is 0 Å². The summed E-state index contributed by atoms with van der Waals surface area (Å²) in [6.45, 7) is 7.31. The number of rotatable bonds is 6. The number of benzene rings is 2. The molecule has 1 amide bonds. The highest BCUT2D eigenvalue weighted by atomic mass is 16.1. The van der Waals surface area contributed by atoms with Gasteiger partial charge in [0, 0.05) is 12.5 Å². The third-order valence-corrected chi connectivity index (χ3v) is 6.95. The van der Waals surface area contributed by atoms with Gasteiger partial charge in [0.1, 0.15) is 0 Å². The molecule has 0 bridgehead atoms. The lowest BCUT2D eigenvalue weighted by Gasteiger charge is -2.32. The first-order chi connectivity index (χ1) is 14.6. The first kappa shape index (κ1) is 21.1. The van der Waals surface area contributed by atoms with Gasteiger partial charge in [-0.05, 0) is 87.2 Å². The van der Waals surface area contributed by atoms with Gasteiger partial charge >= 0.3 is 0 Å². The smallest absolute Gasteiger partial charge is 0.223 e.